The summed E-state index contributed by atoms with van der Waals surface area (Å²) in [5.41, 5.74) is 16.2. The van der Waals surface area contributed by atoms with Crippen molar-refractivity contribution in [3.63, 3.8) is 0 Å². The predicted octanol–water partition coefficient (Wildman–Crippen LogP) is -0.982. The van der Waals surface area contributed by atoms with Crippen LogP contribution >= 0.6 is 0 Å². The highest BCUT2D eigenvalue weighted by molar-refractivity contribution is 5.94. The van der Waals surface area contributed by atoms with Gasteiger partial charge < -0.3 is 38.3 Å². The molecule has 0 aromatic heterocycles. The van der Waals surface area contributed by atoms with Crippen LogP contribution in [0.3, 0.4) is 0 Å². The average molecular weight is 472 g/mol. The van der Waals surface area contributed by atoms with Gasteiger partial charge in [0.25, 0.3) is 0 Å². The summed E-state index contributed by atoms with van der Waals surface area (Å²) in [5, 5.41) is 17.2. The van der Waals surface area contributed by atoms with Gasteiger partial charge in [-0.15, -0.1) is 0 Å². The van der Waals surface area contributed by atoms with E-state index in [2.05, 4.69) is 20.9 Å². The molecule has 0 spiro atoms. The van der Waals surface area contributed by atoms with Crippen LogP contribution in [0.25, 0.3) is 0 Å². The van der Waals surface area contributed by atoms with E-state index in [9.17, 15) is 24.3 Å². The Morgan fingerprint density at radius 2 is 1.48 bits per heavy atom. The normalized spacial score (nSPS) is 15.5. The summed E-state index contributed by atoms with van der Waals surface area (Å²) >= 11 is 0. The summed E-state index contributed by atoms with van der Waals surface area (Å²) in [6, 6.07) is -3.86. The summed E-state index contributed by atoms with van der Waals surface area (Å²) in [6.45, 7) is 9.07. The zero-order valence-electron chi connectivity index (χ0n) is 20.3. The average Bonchev–Trinajstić information content (AvgIpc) is 2.71. The zero-order chi connectivity index (χ0) is 25.7. The minimum absolute atomic E-state index is 0.0473. The van der Waals surface area contributed by atoms with Gasteiger partial charge in [0.1, 0.15) is 18.1 Å². The summed E-state index contributed by atoms with van der Waals surface area (Å²) in [5.74, 6) is -3.16. The number of carboxylic acid groups (broad SMARTS) is 1. The third kappa shape index (κ3) is 12.1. The Labute approximate surface area is 195 Å². The third-order valence-electron chi connectivity index (χ3n) is 5.11. The van der Waals surface area contributed by atoms with Gasteiger partial charge >= 0.3 is 5.97 Å². The summed E-state index contributed by atoms with van der Waals surface area (Å²) in [7, 11) is 0. The summed E-state index contributed by atoms with van der Waals surface area (Å²) < 4.78 is 0. The number of hydrogen-bond acceptors (Lipinski definition) is 6. The smallest absolute Gasteiger partial charge is 0.326 e. The largest absolute Gasteiger partial charge is 0.480 e. The lowest BCUT2D eigenvalue weighted by molar-refractivity contribution is -0.143. The maximum absolute atomic E-state index is 13.0. The molecule has 12 heteroatoms. The van der Waals surface area contributed by atoms with Gasteiger partial charge in [-0.25, -0.2) is 4.79 Å². The fraction of sp³-hybridized carbons (Fsp3) is 0.762. The lowest BCUT2D eigenvalue weighted by Gasteiger charge is -2.28. The molecule has 3 amide bonds. The molecule has 5 atom stereocenters. The number of nitrogens with zero attached hydrogens (tertiary/aromatic N) is 1. The maximum atomic E-state index is 13.0. The van der Waals surface area contributed by atoms with Gasteiger partial charge in [-0.2, -0.15) is 0 Å². The molecule has 0 saturated heterocycles. The first kappa shape index (κ1) is 30.1. The quantitative estimate of drug-likeness (QED) is 0.0892. The van der Waals surface area contributed by atoms with Crippen LogP contribution in [0.5, 0.6) is 0 Å². The molecule has 0 rings (SSSR count). The van der Waals surface area contributed by atoms with Crippen molar-refractivity contribution >= 4 is 29.7 Å². The van der Waals surface area contributed by atoms with Gasteiger partial charge in [0.05, 0.1) is 6.04 Å². The van der Waals surface area contributed by atoms with Crippen LogP contribution in [0.1, 0.15) is 60.3 Å². The van der Waals surface area contributed by atoms with Crippen molar-refractivity contribution in [2.45, 2.75) is 84.5 Å². The third-order valence-corrected chi connectivity index (χ3v) is 5.11. The van der Waals surface area contributed by atoms with Gasteiger partial charge in [-0.3, -0.25) is 19.4 Å². The molecule has 33 heavy (non-hydrogen) atoms. The van der Waals surface area contributed by atoms with E-state index >= 15 is 0 Å². The number of guanidine groups is 1. The Hall–Kier alpha value is -2.89. The number of amides is 3. The number of hydrogen-bond donors (Lipinski definition) is 7. The van der Waals surface area contributed by atoms with E-state index in [1.807, 2.05) is 20.8 Å². The molecule has 0 fully saturated rings. The summed E-state index contributed by atoms with van der Waals surface area (Å²) in [4.78, 5) is 53.4. The van der Waals surface area contributed by atoms with Crippen LogP contribution in [-0.2, 0) is 19.2 Å². The first-order valence-electron chi connectivity index (χ1n) is 11.2. The van der Waals surface area contributed by atoms with Crippen molar-refractivity contribution in [2.24, 2.45) is 34.0 Å². The van der Waals surface area contributed by atoms with Gasteiger partial charge in [-0.1, -0.05) is 34.1 Å². The van der Waals surface area contributed by atoms with Gasteiger partial charge in [-0.05, 0) is 38.0 Å². The Balaban J connectivity index is 5.52. The number of carbonyl (C=O) groups is 4. The number of aliphatic imine (C=N–C) groups is 1. The molecule has 12 nitrogen and oxygen atoms in total. The molecule has 5 unspecified atom stereocenters. The van der Waals surface area contributed by atoms with Crippen molar-refractivity contribution < 1.29 is 24.3 Å². The van der Waals surface area contributed by atoms with Crippen LogP contribution in [0.4, 0.5) is 0 Å². The minimum atomic E-state index is -1.15. The maximum Gasteiger partial charge on any atom is 0.326 e. The molecule has 0 heterocycles. The van der Waals surface area contributed by atoms with Crippen LogP contribution in [-0.4, -0.2) is 65.5 Å². The highest BCUT2D eigenvalue weighted by Gasteiger charge is 2.32. The monoisotopic (exact) mass is 471 g/mol. The van der Waals surface area contributed by atoms with Gasteiger partial charge in [0.2, 0.25) is 17.7 Å². The second kappa shape index (κ2) is 15.0. The fourth-order valence-electron chi connectivity index (χ4n) is 2.99. The fourth-order valence-corrected chi connectivity index (χ4v) is 2.99. The van der Waals surface area contributed by atoms with Gasteiger partial charge in [0, 0.05) is 6.54 Å². The van der Waals surface area contributed by atoms with Crippen molar-refractivity contribution in [3.8, 4) is 0 Å². The molecule has 0 aliphatic carbocycles. The van der Waals surface area contributed by atoms with E-state index in [1.165, 1.54) is 6.92 Å². The molecule has 0 radical (unpaired) electrons. The molecule has 0 aliphatic rings. The van der Waals surface area contributed by atoms with Crippen LogP contribution in [0, 0.1) is 11.8 Å². The number of rotatable bonds is 15. The van der Waals surface area contributed by atoms with Crippen LogP contribution in [0.2, 0.25) is 0 Å². The first-order chi connectivity index (χ1) is 15.3. The van der Waals surface area contributed by atoms with Crippen LogP contribution in [0.15, 0.2) is 4.99 Å². The molecular weight excluding hydrogens is 430 g/mol. The van der Waals surface area contributed by atoms with E-state index in [0.29, 0.717) is 12.8 Å². The molecule has 0 aromatic carbocycles. The topological polar surface area (TPSA) is 215 Å². The molecule has 190 valence electrons. The van der Waals surface area contributed by atoms with Gasteiger partial charge in [0.15, 0.2) is 5.96 Å². The Morgan fingerprint density at radius 3 is 1.94 bits per heavy atom. The Morgan fingerprint density at radius 1 is 0.909 bits per heavy atom. The first-order valence-corrected chi connectivity index (χ1v) is 11.2. The second-order valence-electron chi connectivity index (χ2n) is 8.70. The minimum Gasteiger partial charge on any atom is -0.480 e. The van der Waals surface area contributed by atoms with Crippen LogP contribution < -0.4 is 33.2 Å². The van der Waals surface area contributed by atoms with E-state index in [0.717, 1.165) is 0 Å². The standard InChI is InChI=1S/C21H41N7O5/c1-6-12(4)16(19(31)27-15(20(32)33)10-11(2)3)28-18(30)14(26-17(29)13(5)22)8-7-9-25-21(23)24/h11-16H,6-10,22H2,1-5H3,(H,26,29)(H,27,31)(H,28,30)(H,32,33)(H4,23,24,25). The molecule has 10 N–H and O–H groups in total. The molecule has 0 bridgehead atoms. The number of aliphatic carboxylic acids is 1. The number of nitrogens with two attached hydrogens (primary N) is 3. The van der Waals surface area contributed by atoms with E-state index in [-0.39, 0.29) is 37.2 Å². The van der Waals surface area contributed by atoms with Crippen molar-refractivity contribution in [3.05, 3.63) is 0 Å². The SMILES string of the molecule is CCC(C)C(NC(=O)C(CCCN=C(N)N)NC(=O)C(C)N)C(=O)NC(CC(C)C)C(=O)O. The van der Waals surface area contributed by atoms with Crippen molar-refractivity contribution in [2.75, 3.05) is 6.54 Å². The van der Waals surface area contributed by atoms with Crippen molar-refractivity contribution in [1.82, 2.24) is 16.0 Å². The number of carboxylic acids is 1. The highest BCUT2D eigenvalue weighted by Crippen LogP contribution is 2.12. The van der Waals surface area contributed by atoms with E-state index < -0.39 is 47.9 Å². The molecule has 0 aromatic rings. The lowest BCUT2D eigenvalue weighted by atomic mass is 9.96. The Kier molecular flexibility index (Phi) is 13.7. The summed E-state index contributed by atoms with van der Waals surface area (Å²) in [6.07, 6.45) is 1.41. The van der Waals surface area contributed by atoms with E-state index in [1.54, 1.807) is 6.92 Å². The zero-order valence-corrected chi connectivity index (χ0v) is 20.3. The van der Waals surface area contributed by atoms with Crippen molar-refractivity contribution in [1.29, 1.82) is 0 Å². The van der Waals surface area contributed by atoms with E-state index in [4.69, 9.17) is 17.2 Å². The predicted molar refractivity (Wildman–Crippen MR) is 126 cm³/mol. The Bertz CT molecular complexity index is 692. The molecular formula is C21H41N7O5. The highest BCUT2D eigenvalue weighted by atomic mass is 16.4. The number of carbonyl (C=O) groups excluding carboxylic acids is 3. The molecule has 0 saturated carbocycles. The lowest BCUT2D eigenvalue weighted by Crippen LogP contribution is -2.58. The second-order valence-corrected chi connectivity index (χ2v) is 8.70. The molecule has 0 aliphatic heterocycles. The number of nitrogens with one attached hydrogen (secondary N) is 3.